The second-order valence-corrected chi connectivity index (χ2v) is 5.69. The molecule has 5 heteroatoms. The first kappa shape index (κ1) is 15.2. The Morgan fingerprint density at radius 1 is 1.17 bits per heavy atom. The van der Waals surface area contributed by atoms with Gasteiger partial charge in [-0.1, -0.05) is 19.1 Å². The fraction of sp³-hybridized carbons (Fsp3) is 0.278. The lowest BCUT2D eigenvalue weighted by Crippen LogP contribution is -2.27. The molecule has 1 amide bonds. The molecule has 0 aliphatic heterocycles. The summed E-state index contributed by atoms with van der Waals surface area (Å²) in [4.78, 5) is 39.1. The summed E-state index contributed by atoms with van der Waals surface area (Å²) in [6.45, 7) is 2.05. The zero-order valence-electron chi connectivity index (χ0n) is 12.9. The van der Waals surface area contributed by atoms with E-state index in [4.69, 9.17) is 0 Å². The van der Waals surface area contributed by atoms with Gasteiger partial charge >= 0.3 is 0 Å². The number of aryl methyl sites for hydroxylation is 2. The van der Waals surface area contributed by atoms with Crippen LogP contribution in [0.3, 0.4) is 0 Å². The standard InChI is InChI=1S/C18H18N2O3/c1-2-11-6-8-12(9-7-11)19-17(22)14-10-13-15(20-18(14)23)4-3-5-16(13)21/h6-10H,2-5H2,1H3,(H,19,22)(H,20,23). The summed E-state index contributed by atoms with van der Waals surface area (Å²) in [6.07, 6.45) is 2.77. The third kappa shape index (κ3) is 3.08. The molecule has 2 N–H and O–H groups in total. The maximum Gasteiger partial charge on any atom is 0.261 e. The number of rotatable bonds is 3. The third-order valence-electron chi connectivity index (χ3n) is 4.12. The average Bonchev–Trinajstić information content (AvgIpc) is 2.55. The molecule has 1 aromatic carbocycles. The minimum atomic E-state index is -0.503. The topological polar surface area (TPSA) is 79.0 Å². The maximum absolute atomic E-state index is 12.3. The summed E-state index contributed by atoms with van der Waals surface area (Å²) in [7, 11) is 0. The van der Waals surface area contributed by atoms with Gasteiger partial charge in [0.05, 0.1) is 0 Å². The molecule has 0 radical (unpaired) electrons. The van der Waals surface area contributed by atoms with Gasteiger partial charge in [-0.2, -0.15) is 0 Å². The molecule has 0 atom stereocenters. The van der Waals surface area contributed by atoms with Gasteiger partial charge in [0.2, 0.25) is 0 Å². The van der Waals surface area contributed by atoms with Crippen molar-refractivity contribution in [2.75, 3.05) is 5.32 Å². The van der Waals surface area contributed by atoms with Crippen LogP contribution in [0.5, 0.6) is 0 Å². The van der Waals surface area contributed by atoms with Gasteiger partial charge in [-0.15, -0.1) is 0 Å². The van der Waals surface area contributed by atoms with Crippen molar-refractivity contribution in [2.24, 2.45) is 0 Å². The number of hydrogen-bond acceptors (Lipinski definition) is 3. The normalized spacial score (nSPS) is 13.5. The lowest BCUT2D eigenvalue weighted by Gasteiger charge is -2.15. The Kier molecular flexibility index (Phi) is 4.10. The number of nitrogens with one attached hydrogen (secondary N) is 2. The smallest absolute Gasteiger partial charge is 0.261 e. The van der Waals surface area contributed by atoms with E-state index in [0.717, 1.165) is 12.8 Å². The highest BCUT2D eigenvalue weighted by atomic mass is 16.2. The van der Waals surface area contributed by atoms with E-state index >= 15 is 0 Å². The van der Waals surface area contributed by atoms with E-state index in [9.17, 15) is 14.4 Å². The maximum atomic E-state index is 12.3. The molecule has 2 aromatic rings. The first-order valence-corrected chi connectivity index (χ1v) is 7.78. The molecular weight excluding hydrogens is 292 g/mol. The van der Waals surface area contributed by atoms with Crippen molar-refractivity contribution in [1.29, 1.82) is 0 Å². The number of pyridine rings is 1. The van der Waals surface area contributed by atoms with Gasteiger partial charge in [0.15, 0.2) is 5.78 Å². The minimum absolute atomic E-state index is 0.0242. The lowest BCUT2D eigenvalue weighted by atomic mass is 9.93. The van der Waals surface area contributed by atoms with Crippen LogP contribution in [0.25, 0.3) is 0 Å². The number of Topliss-reactive ketones (excluding diaryl/α,β-unsaturated/α-hetero) is 1. The molecule has 1 aliphatic carbocycles. The highest BCUT2D eigenvalue weighted by molar-refractivity contribution is 6.06. The van der Waals surface area contributed by atoms with Crippen molar-refractivity contribution in [2.45, 2.75) is 32.6 Å². The number of aromatic amines is 1. The number of H-pyrrole nitrogens is 1. The third-order valence-corrected chi connectivity index (χ3v) is 4.12. The van der Waals surface area contributed by atoms with Crippen LogP contribution in [-0.2, 0) is 12.8 Å². The average molecular weight is 310 g/mol. The molecule has 23 heavy (non-hydrogen) atoms. The van der Waals surface area contributed by atoms with Crippen LogP contribution in [0.2, 0.25) is 0 Å². The van der Waals surface area contributed by atoms with E-state index in [1.165, 1.54) is 11.6 Å². The second kappa shape index (κ2) is 6.20. The van der Waals surface area contributed by atoms with Crippen molar-refractivity contribution >= 4 is 17.4 Å². The number of aromatic nitrogens is 1. The number of fused-ring (bicyclic) bond motifs is 1. The molecule has 1 aliphatic rings. The van der Waals surface area contributed by atoms with Gasteiger partial charge in [0, 0.05) is 23.4 Å². The molecule has 1 aromatic heterocycles. The quantitative estimate of drug-likeness (QED) is 0.915. The summed E-state index contributed by atoms with van der Waals surface area (Å²) >= 11 is 0. The van der Waals surface area contributed by atoms with E-state index in [0.29, 0.717) is 29.8 Å². The Morgan fingerprint density at radius 2 is 1.91 bits per heavy atom. The molecule has 0 unspecified atom stereocenters. The van der Waals surface area contributed by atoms with Crippen LogP contribution < -0.4 is 10.9 Å². The molecule has 118 valence electrons. The van der Waals surface area contributed by atoms with Crippen LogP contribution in [-0.4, -0.2) is 16.7 Å². The van der Waals surface area contributed by atoms with Crippen LogP contribution >= 0.6 is 0 Å². The van der Waals surface area contributed by atoms with Gasteiger partial charge in [0.1, 0.15) is 5.56 Å². The molecule has 0 spiro atoms. The first-order valence-electron chi connectivity index (χ1n) is 7.78. The lowest BCUT2D eigenvalue weighted by molar-refractivity contribution is 0.0971. The van der Waals surface area contributed by atoms with Crippen molar-refractivity contribution in [3.05, 3.63) is 63.1 Å². The Labute approximate surface area is 133 Å². The highest BCUT2D eigenvalue weighted by Crippen LogP contribution is 2.19. The zero-order chi connectivity index (χ0) is 16.4. The number of amides is 1. The van der Waals surface area contributed by atoms with Crippen molar-refractivity contribution in [3.63, 3.8) is 0 Å². The Hall–Kier alpha value is -2.69. The van der Waals surface area contributed by atoms with Crippen LogP contribution in [0, 0.1) is 0 Å². The molecule has 0 bridgehead atoms. The predicted octanol–water partition coefficient (Wildman–Crippen LogP) is 2.71. The number of carbonyl (C=O) groups excluding carboxylic acids is 2. The van der Waals surface area contributed by atoms with Gasteiger partial charge in [-0.3, -0.25) is 14.4 Å². The van der Waals surface area contributed by atoms with Crippen molar-refractivity contribution in [3.8, 4) is 0 Å². The van der Waals surface area contributed by atoms with E-state index in [2.05, 4.69) is 17.2 Å². The molecule has 0 fully saturated rings. The minimum Gasteiger partial charge on any atom is -0.325 e. The predicted molar refractivity (Wildman–Crippen MR) is 88.1 cm³/mol. The van der Waals surface area contributed by atoms with E-state index < -0.39 is 11.5 Å². The van der Waals surface area contributed by atoms with Crippen molar-refractivity contribution < 1.29 is 9.59 Å². The monoisotopic (exact) mass is 310 g/mol. The summed E-state index contributed by atoms with van der Waals surface area (Å²) < 4.78 is 0. The SMILES string of the molecule is CCc1ccc(NC(=O)c2cc3c([nH]c2=O)CCCC3=O)cc1. The molecule has 0 saturated heterocycles. The number of anilines is 1. The summed E-state index contributed by atoms with van der Waals surface area (Å²) in [6, 6.07) is 8.88. The number of ketones is 1. The van der Waals surface area contributed by atoms with Gasteiger partial charge in [-0.25, -0.2) is 0 Å². The fourth-order valence-electron chi connectivity index (χ4n) is 2.77. The summed E-state index contributed by atoms with van der Waals surface area (Å²) in [5.74, 6) is -0.527. The van der Waals surface area contributed by atoms with E-state index in [-0.39, 0.29) is 11.3 Å². The van der Waals surface area contributed by atoms with Gasteiger partial charge in [0.25, 0.3) is 11.5 Å². The van der Waals surface area contributed by atoms with E-state index in [1.54, 1.807) is 12.1 Å². The van der Waals surface area contributed by atoms with Crippen molar-refractivity contribution in [1.82, 2.24) is 4.98 Å². The Balaban J connectivity index is 1.88. The Morgan fingerprint density at radius 3 is 2.61 bits per heavy atom. The molecule has 0 saturated carbocycles. The summed E-state index contributed by atoms with van der Waals surface area (Å²) in [5, 5.41) is 2.70. The van der Waals surface area contributed by atoms with Gasteiger partial charge in [-0.05, 0) is 43.0 Å². The number of benzene rings is 1. The zero-order valence-corrected chi connectivity index (χ0v) is 12.9. The Bertz CT molecular complexity index is 819. The first-order chi connectivity index (χ1) is 11.1. The second-order valence-electron chi connectivity index (χ2n) is 5.69. The summed E-state index contributed by atoms with van der Waals surface area (Å²) in [5.41, 5.74) is 2.40. The molecule has 1 heterocycles. The van der Waals surface area contributed by atoms with Gasteiger partial charge < -0.3 is 10.3 Å². The largest absolute Gasteiger partial charge is 0.325 e. The number of carbonyl (C=O) groups is 2. The molecule has 3 rings (SSSR count). The van der Waals surface area contributed by atoms with E-state index in [1.807, 2.05) is 12.1 Å². The highest BCUT2D eigenvalue weighted by Gasteiger charge is 2.22. The van der Waals surface area contributed by atoms with Crippen LogP contribution in [0.4, 0.5) is 5.69 Å². The fourth-order valence-corrected chi connectivity index (χ4v) is 2.77. The number of hydrogen-bond donors (Lipinski definition) is 2. The van der Waals surface area contributed by atoms with Crippen LogP contribution in [0.1, 0.15) is 51.7 Å². The molecular formula is C18H18N2O3. The van der Waals surface area contributed by atoms with Crippen LogP contribution in [0.15, 0.2) is 35.1 Å². The molecule has 5 nitrogen and oxygen atoms in total.